The highest BCUT2D eigenvalue weighted by molar-refractivity contribution is 7.97. The third-order valence-corrected chi connectivity index (χ3v) is 8.46. The molecule has 3 aliphatic rings. The van der Waals surface area contributed by atoms with E-state index in [4.69, 9.17) is 9.72 Å². The van der Waals surface area contributed by atoms with Crippen LogP contribution in [-0.4, -0.2) is 58.8 Å². The van der Waals surface area contributed by atoms with Gasteiger partial charge in [0.15, 0.2) is 10.8 Å². The van der Waals surface area contributed by atoms with Crippen molar-refractivity contribution in [1.82, 2.24) is 24.8 Å². The van der Waals surface area contributed by atoms with Crippen LogP contribution < -0.4 is 29.6 Å². The lowest BCUT2D eigenvalue weighted by Crippen LogP contribution is -2.42. The van der Waals surface area contributed by atoms with Crippen LogP contribution in [0, 0.1) is 5.41 Å². The van der Waals surface area contributed by atoms with Gasteiger partial charge in [0.05, 0.1) is 12.2 Å². The van der Waals surface area contributed by atoms with Crippen molar-refractivity contribution in [3.8, 4) is 11.7 Å². The Hall–Kier alpha value is -3.52. The van der Waals surface area contributed by atoms with Gasteiger partial charge < -0.3 is 9.64 Å². The highest BCUT2D eigenvalue weighted by Gasteiger charge is 2.64. The number of alkyl halides is 3. The number of amides is 1. The molecule has 1 aliphatic carbocycles. The monoisotopic (exact) mass is 575 g/mol. The molecule has 3 N–H and O–H groups in total. The first-order chi connectivity index (χ1) is 19.1. The van der Waals surface area contributed by atoms with Gasteiger partial charge in [0.25, 0.3) is 11.7 Å². The molecule has 40 heavy (non-hydrogen) atoms. The number of carbonyl (C=O) groups is 1. The molecule has 5 heterocycles. The van der Waals surface area contributed by atoms with Crippen LogP contribution in [0.25, 0.3) is 5.82 Å². The predicted octanol–water partition coefficient (Wildman–Crippen LogP) is 3.28. The molecule has 14 heteroatoms. The van der Waals surface area contributed by atoms with Crippen molar-refractivity contribution in [2.24, 2.45) is 5.41 Å². The second-order valence-corrected chi connectivity index (χ2v) is 11.7. The summed E-state index contributed by atoms with van der Waals surface area (Å²) in [7, 11) is 0. The number of aromatic nitrogens is 4. The minimum Gasteiger partial charge on any atom is -0.476 e. The van der Waals surface area contributed by atoms with E-state index < -0.39 is 18.2 Å². The van der Waals surface area contributed by atoms with E-state index >= 15 is 0 Å². The van der Waals surface area contributed by atoms with Gasteiger partial charge in [-0.3, -0.25) is 20.2 Å². The number of hydrogen-bond acceptors (Lipinski definition) is 8. The van der Waals surface area contributed by atoms with E-state index in [2.05, 4.69) is 38.9 Å². The van der Waals surface area contributed by atoms with Crippen molar-refractivity contribution in [3.63, 3.8) is 0 Å². The fourth-order valence-electron chi connectivity index (χ4n) is 4.92. The van der Waals surface area contributed by atoms with Gasteiger partial charge in [0.1, 0.15) is 30.9 Å². The summed E-state index contributed by atoms with van der Waals surface area (Å²) in [6, 6.07) is 10.7. The summed E-state index contributed by atoms with van der Waals surface area (Å²) in [5.74, 6) is 1.69. The number of nitrogens with zero attached hydrogens (tertiary/aromatic N) is 5. The average Bonchev–Trinajstić information content (AvgIpc) is 3.23. The number of nitrogens with one attached hydrogen (secondary N) is 3. The van der Waals surface area contributed by atoms with Crippen molar-refractivity contribution < 1.29 is 27.3 Å². The van der Waals surface area contributed by atoms with E-state index in [0.29, 0.717) is 30.4 Å². The number of anilines is 2. The summed E-state index contributed by atoms with van der Waals surface area (Å²) in [5, 5.41) is 11.8. The summed E-state index contributed by atoms with van der Waals surface area (Å²) in [4.78, 5) is 20.3. The summed E-state index contributed by atoms with van der Waals surface area (Å²) in [6.45, 7) is 6.51. The fraction of sp³-hybridized carbons (Fsp3) is 0.462. The second-order valence-electron chi connectivity index (χ2n) is 10.9. The largest absolute Gasteiger partial charge is 0.476 e. The topological polar surface area (TPSA) is 100 Å². The van der Waals surface area contributed by atoms with Crippen molar-refractivity contribution >= 4 is 29.5 Å². The predicted molar refractivity (Wildman–Crippen MR) is 142 cm³/mol. The number of rotatable bonds is 8. The Balaban J connectivity index is 1.24. The Morgan fingerprint density at radius 3 is 2.77 bits per heavy atom. The van der Waals surface area contributed by atoms with E-state index in [9.17, 15) is 18.0 Å². The number of pyridine rings is 2. The minimum absolute atomic E-state index is 0.0614. The molecule has 0 bridgehead atoms. The molecule has 0 spiro atoms. The average molecular weight is 576 g/mol. The Morgan fingerprint density at radius 1 is 1.23 bits per heavy atom. The maximum atomic E-state index is 13.4. The van der Waals surface area contributed by atoms with Crippen molar-refractivity contribution in [3.05, 3.63) is 48.2 Å². The fourth-order valence-corrected chi connectivity index (χ4v) is 5.68. The molecule has 2 aliphatic heterocycles. The molecule has 212 valence electrons. The van der Waals surface area contributed by atoms with E-state index in [1.54, 1.807) is 18.3 Å². The molecule has 10 nitrogen and oxygen atoms in total. The number of halogens is 3. The molecule has 3 aromatic rings. The summed E-state index contributed by atoms with van der Waals surface area (Å²) in [6.07, 6.45) is -2.59. The van der Waals surface area contributed by atoms with E-state index in [1.165, 1.54) is 22.7 Å². The highest BCUT2D eigenvalue weighted by Crippen LogP contribution is 2.57. The molecule has 0 unspecified atom stereocenters. The first kappa shape index (κ1) is 26.7. The molecule has 2 fully saturated rings. The molecule has 1 saturated heterocycles. The van der Waals surface area contributed by atoms with Gasteiger partial charge in [-0.05, 0) is 51.0 Å². The molecule has 3 aromatic heterocycles. The highest BCUT2D eigenvalue weighted by atomic mass is 32.2. The van der Waals surface area contributed by atoms with Crippen molar-refractivity contribution in [1.29, 1.82) is 0 Å². The zero-order chi connectivity index (χ0) is 28.1. The molecule has 0 aromatic carbocycles. The van der Waals surface area contributed by atoms with E-state index in [0.717, 1.165) is 23.9 Å². The number of fused-ring (bicyclic) bond motifs is 1. The Bertz CT molecular complexity index is 1440. The Labute approximate surface area is 233 Å². The summed E-state index contributed by atoms with van der Waals surface area (Å²) in [5.41, 5.74) is -1.70. The van der Waals surface area contributed by atoms with Crippen LogP contribution in [0.3, 0.4) is 0 Å². The molecule has 0 atom stereocenters. The Morgan fingerprint density at radius 2 is 2.05 bits per heavy atom. The van der Waals surface area contributed by atoms with Crippen LogP contribution in [0.15, 0.2) is 47.6 Å². The normalized spacial score (nSPS) is 18.8. The number of carbonyl (C=O) groups excluding carboxylic acids is 1. The van der Waals surface area contributed by atoms with Gasteiger partial charge in [-0.25, -0.2) is 14.2 Å². The van der Waals surface area contributed by atoms with Crippen molar-refractivity contribution in [2.75, 3.05) is 36.6 Å². The standard InChI is InChI=1S/C26H29F3N8O2S/c1-24(2)14-30-16-36(24)22-17(23(38)34-40-21-5-3-4-18-31-11-13-35(18)21)6-7-19(32-22)37-12-8-20(33-37)39-15-25(9-10-25)26(27,28)29/h3-8,12,30H,9-11,13-16H2,1-2H3,(H,34,38)/p+1. The second kappa shape index (κ2) is 9.84. The molecular formula is C26H30F3N8O2S+. The molecule has 0 radical (unpaired) electrons. The maximum absolute atomic E-state index is 13.4. The first-order valence-corrected chi connectivity index (χ1v) is 13.9. The van der Waals surface area contributed by atoms with Gasteiger partial charge in [0, 0.05) is 42.4 Å². The third-order valence-electron chi connectivity index (χ3n) is 7.61. The number of ether oxygens (including phenoxy) is 1. The van der Waals surface area contributed by atoms with Crippen LogP contribution in [0.2, 0.25) is 0 Å². The summed E-state index contributed by atoms with van der Waals surface area (Å²) < 4.78 is 51.7. The maximum Gasteiger partial charge on any atom is 0.397 e. The molecule has 1 saturated carbocycles. The molecule has 1 amide bonds. The van der Waals surface area contributed by atoms with Gasteiger partial charge in [-0.15, -0.1) is 5.10 Å². The van der Waals surface area contributed by atoms with Gasteiger partial charge in [-0.1, -0.05) is 0 Å². The van der Waals surface area contributed by atoms with Crippen LogP contribution in [0.5, 0.6) is 5.88 Å². The number of hydrogen-bond donors (Lipinski definition) is 3. The summed E-state index contributed by atoms with van der Waals surface area (Å²) >= 11 is 1.25. The lowest BCUT2D eigenvalue weighted by Gasteiger charge is -2.32. The van der Waals surface area contributed by atoms with E-state index in [1.807, 2.05) is 23.1 Å². The molecule has 6 rings (SSSR count). The Kier molecular flexibility index (Phi) is 6.56. The van der Waals surface area contributed by atoms with Crippen LogP contribution in [-0.2, 0) is 6.54 Å². The lowest BCUT2D eigenvalue weighted by atomic mass is 10.0. The molecular weight excluding hydrogens is 545 g/mol. The van der Waals surface area contributed by atoms with Gasteiger partial charge in [-0.2, -0.15) is 13.2 Å². The van der Waals surface area contributed by atoms with E-state index in [-0.39, 0.29) is 30.2 Å². The van der Waals surface area contributed by atoms with Crippen LogP contribution in [0.4, 0.5) is 24.8 Å². The minimum atomic E-state index is -4.30. The van der Waals surface area contributed by atoms with Crippen LogP contribution >= 0.6 is 11.9 Å². The zero-order valence-corrected chi connectivity index (χ0v) is 22.9. The smallest absolute Gasteiger partial charge is 0.397 e. The quantitative estimate of drug-likeness (QED) is 0.278. The van der Waals surface area contributed by atoms with Crippen molar-refractivity contribution in [2.45, 2.75) is 50.0 Å². The third kappa shape index (κ3) is 4.94. The zero-order valence-electron chi connectivity index (χ0n) is 22.1. The van der Waals surface area contributed by atoms with Gasteiger partial charge in [0.2, 0.25) is 5.88 Å². The van der Waals surface area contributed by atoms with Crippen LogP contribution in [0.1, 0.15) is 37.0 Å². The first-order valence-electron chi connectivity index (χ1n) is 13.1. The lowest BCUT2D eigenvalue weighted by molar-refractivity contribution is -0.707. The van der Waals surface area contributed by atoms with Gasteiger partial charge >= 0.3 is 6.18 Å². The SMILES string of the molecule is CC1(C)CNCN1c1nc(-n2ccc(OCC3(C(F)(F)F)CC3)n2)ccc1C(=O)NSc1cccc2[n+]1CCN2.